The lowest BCUT2D eigenvalue weighted by Crippen LogP contribution is -2.49. The Morgan fingerprint density at radius 3 is 2.91 bits per heavy atom. The lowest BCUT2D eigenvalue weighted by molar-refractivity contribution is -0.146. The number of hydrogen-bond donors (Lipinski definition) is 1. The second-order valence-electron chi connectivity index (χ2n) is 5.54. The molecule has 22 heavy (non-hydrogen) atoms. The first-order valence-corrected chi connectivity index (χ1v) is 7.24. The molecule has 2 rings (SSSR count). The Morgan fingerprint density at radius 1 is 1.50 bits per heavy atom. The zero-order valence-electron chi connectivity index (χ0n) is 13.0. The smallest absolute Gasteiger partial charge is 0.248 e. The molecule has 1 fully saturated rings. The molecule has 1 aromatic rings. The Labute approximate surface area is 130 Å². The van der Waals surface area contributed by atoms with Gasteiger partial charge in [0.25, 0.3) is 0 Å². The molecule has 1 N–H and O–H groups in total. The van der Waals surface area contributed by atoms with E-state index >= 15 is 0 Å². The van der Waals surface area contributed by atoms with Crippen LogP contribution < -0.4 is 5.32 Å². The minimum atomic E-state index is -0.142. The summed E-state index contributed by atoms with van der Waals surface area (Å²) in [6.07, 6.45) is 3.33. The first kappa shape index (κ1) is 16.4. The van der Waals surface area contributed by atoms with Gasteiger partial charge in [-0.2, -0.15) is 0 Å². The van der Waals surface area contributed by atoms with Gasteiger partial charge in [0, 0.05) is 39.1 Å². The van der Waals surface area contributed by atoms with Gasteiger partial charge in [0.1, 0.15) is 6.61 Å². The number of carbonyl (C=O) groups is 2. The molecule has 7 nitrogen and oxygen atoms in total. The summed E-state index contributed by atoms with van der Waals surface area (Å²) >= 11 is 0. The van der Waals surface area contributed by atoms with E-state index in [2.05, 4.69) is 10.3 Å². The highest BCUT2D eigenvalue weighted by Crippen LogP contribution is 2.03. The second-order valence-corrected chi connectivity index (χ2v) is 5.54. The van der Waals surface area contributed by atoms with E-state index in [1.54, 1.807) is 24.3 Å². The van der Waals surface area contributed by atoms with Gasteiger partial charge in [0.05, 0.1) is 12.6 Å². The number of likely N-dealkylation sites (N-methyl/N-ethyl adjacent to an activating group) is 2. The quantitative estimate of drug-likeness (QED) is 0.766. The molecule has 2 heterocycles. The molecular weight excluding hydrogens is 284 g/mol. The Hall–Kier alpha value is -1.99. The third-order valence-electron chi connectivity index (χ3n) is 3.49. The number of rotatable bonds is 6. The van der Waals surface area contributed by atoms with Crippen molar-refractivity contribution in [1.82, 2.24) is 20.1 Å². The van der Waals surface area contributed by atoms with E-state index in [4.69, 9.17) is 4.74 Å². The van der Waals surface area contributed by atoms with Crippen LogP contribution in [0.4, 0.5) is 0 Å². The molecule has 0 aliphatic carbocycles. The number of aromatic nitrogens is 1. The number of pyridine rings is 1. The summed E-state index contributed by atoms with van der Waals surface area (Å²) in [5.41, 5.74) is 1.11. The average Bonchev–Trinajstić information content (AvgIpc) is 2.49. The fourth-order valence-corrected chi connectivity index (χ4v) is 2.27. The summed E-state index contributed by atoms with van der Waals surface area (Å²) in [5, 5.41) is 2.85. The lowest BCUT2D eigenvalue weighted by Gasteiger charge is -2.30. The maximum atomic E-state index is 11.9. The molecule has 1 aromatic heterocycles. The Bertz CT molecular complexity index is 509. The van der Waals surface area contributed by atoms with Gasteiger partial charge < -0.3 is 15.0 Å². The zero-order valence-corrected chi connectivity index (χ0v) is 13.0. The molecule has 0 aromatic carbocycles. The van der Waals surface area contributed by atoms with Gasteiger partial charge in [-0.15, -0.1) is 0 Å². The second kappa shape index (κ2) is 7.86. The molecule has 1 atom stereocenters. The summed E-state index contributed by atoms with van der Waals surface area (Å²) < 4.78 is 5.39. The topological polar surface area (TPSA) is 74.8 Å². The van der Waals surface area contributed by atoms with Gasteiger partial charge in [-0.25, -0.2) is 0 Å². The van der Waals surface area contributed by atoms with Crippen molar-refractivity contribution in [3.63, 3.8) is 0 Å². The Balaban J connectivity index is 1.68. The van der Waals surface area contributed by atoms with E-state index in [1.165, 1.54) is 0 Å². The van der Waals surface area contributed by atoms with Crippen LogP contribution >= 0.6 is 0 Å². The molecular formula is C15H22N4O3. The molecule has 0 saturated carbocycles. The largest absolute Gasteiger partial charge is 0.365 e. The van der Waals surface area contributed by atoms with E-state index in [-0.39, 0.29) is 24.5 Å². The standard InChI is InChI=1S/C15H22N4O3/c1-18(8-12-3-5-16-6-4-12)10-14(20)17-7-13-9-19(2)15(21)11-22-13/h3-6,13H,7-11H2,1-2H3,(H,17,20). The molecule has 120 valence electrons. The van der Waals surface area contributed by atoms with Gasteiger partial charge >= 0.3 is 0 Å². The monoisotopic (exact) mass is 306 g/mol. The van der Waals surface area contributed by atoms with Crippen LogP contribution in [0.1, 0.15) is 5.56 Å². The first-order valence-electron chi connectivity index (χ1n) is 7.24. The van der Waals surface area contributed by atoms with Crippen molar-refractivity contribution in [3.8, 4) is 0 Å². The number of amides is 2. The van der Waals surface area contributed by atoms with Gasteiger partial charge in [0.2, 0.25) is 11.8 Å². The summed E-state index contributed by atoms with van der Waals surface area (Å²) in [5.74, 6) is -0.0839. The molecule has 0 bridgehead atoms. The summed E-state index contributed by atoms with van der Waals surface area (Å²) in [6.45, 7) is 2.00. The van der Waals surface area contributed by atoms with Crippen LogP contribution in [-0.4, -0.2) is 73.0 Å². The van der Waals surface area contributed by atoms with Crippen LogP contribution in [-0.2, 0) is 20.9 Å². The van der Waals surface area contributed by atoms with Crippen LogP contribution in [0.15, 0.2) is 24.5 Å². The van der Waals surface area contributed by atoms with E-state index in [1.807, 2.05) is 24.1 Å². The fourth-order valence-electron chi connectivity index (χ4n) is 2.27. The van der Waals surface area contributed by atoms with Gasteiger partial charge in [0.15, 0.2) is 0 Å². The van der Waals surface area contributed by atoms with Crippen molar-refractivity contribution >= 4 is 11.8 Å². The van der Waals surface area contributed by atoms with E-state index in [9.17, 15) is 9.59 Å². The predicted molar refractivity (Wildman–Crippen MR) is 81.0 cm³/mol. The number of ether oxygens (including phenoxy) is 1. The van der Waals surface area contributed by atoms with E-state index in [0.29, 0.717) is 26.2 Å². The zero-order chi connectivity index (χ0) is 15.9. The molecule has 0 spiro atoms. The van der Waals surface area contributed by atoms with Crippen LogP contribution in [0.25, 0.3) is 0 Å². The van der Waals surface area contributed by atoms with E-state index < -0.39 is 0 Å². The highest BCUT2D eigenvalue weighted by Gasteiger charge is 2.23. The minimum Gasteiger partial charge on any atom is -0.365 e. The van der Waals surface area contributed by atoms with Crippen molar-refractivity contribution in [3.05, 3.63) is 30.1 Å². The molecule has 1 aliphatic rings. The summed E-state index contributed by atoms with van der Waals surface area (Å²) in [7, 11) is 3.63. The number of nitrogens with one attached hydrogen (secondary N) is 1. The molecule has 1 unspecified atom stereocenters. The SMILES string of the molecule is CN(CC(=O)NCC1CN(C)C(=O)CO1)Cc1ccncc1. The van der Waals surface area contributed by atoms with Crippen molar-refractivity contribution < 1.29 is 14.3 Å². The van der Waals surface area contributed by atoms with Gasteiger partial charge in [-0.3, -0.25) is 19.5 Å². The molecule has 2 amide bonds. The summed E-state index contributed by atoms with van der Waals surface area (Å²) in [4.78, 5) is 30.8. The molecule has 7 heteroatoms. The van der Waals surface area contributed by atoms with Gasteiger partial charge in [-0.1, -0.05) is 0 Å². The van der Waals surface area contributed by atoms with Crippen molar-refractivity contribution in [2.24, 2.45) is 0 Å². The molecule has 1 aliphatic heterocycles. The van der Waals surface area contributed by atoms with Crippen molar-refractivity contribution in [2.75, 3.05) is 40.3 Å². The normalized spacial score (nSPS) is 18.6. The van der Waals surface area contributed by atoms with Crippen LogP contribution in [0, 0.1) is 0 Å². The minimum absolute atomic E-state index is 0.0281. The molecule has 1 saturated heterocycles. The van der Waals surface area contributed by atoms with Crippen LogP contribution in [0.2, 0.25) is 0 Å². The fraction of sp³-hybridized carbons (Fsp3) is 0.533. The van der Waals surface area contributed by atoms with Crippen molar-refractivity contribution in [2.45, 2.75) is 12.6 Å². The first-order chi connectivity index (χ1) is 10.5. The number of nitrogens with zero attached hydrogens (tertiary/aromatic N) is 3. The Morgan fingerprint density at radius 2 is 2.23 bits per heavy atom. The summed E-state index contributed by atoms with van der Waals surface area (Å²) in [6, 6.07) is 3.86. The average molecular weight is 306 g/mol. The maximum Gasteiger partial charge on any atom is 0.248 e. The van der Waals surface area contributed by atoms with E-state index in [0.717, 1.165) is 5.56 Å². The van der Waals surface area contributed by atoms with Crippen LogP contribution in [0.3, 0.4) is 0 Å². The third kappa shape index (κ3) is 5.09. The number of hydrogen-bond acceptors (Lipinski definition) is 5. The lowest BCUT2D eigenvalue weighted by atomic mass is 10.2. The van der Waals surface area contributed by atoms with Crippen LogP contribution in [0.5, 0.6) is 0 Å². The van der Waals surface area contributed by atoms with Gasteiger partial charge in [-0.05, 0) is 24.7 Å². The number of carbonyl (C=O) groups excluding carboxylic acids is 2. The van der Waals surface area contributed by atoms with Crippen molar-refractivity contribution in [1.29, 1.82) is 0 Å². The number of morpholine rings is 1. The predicted octanol–water partition coefficient (Wildman–Crippen LogP) is -0.513. The third-order valence-corrected chi connectivity index (χ3v) is 3.49. The highest BCUT2D eigenvalue weighted by molar-refractivity contribution is 5.78. The highest BCUT2D eigenvalue weighted by atomic mass is 16.5. The maximum absolute atomic E-state index is 11.9. The Kier molecular flexibility index (Phi) is 5.85. The molecule has 0 radical (unpaired) electrons.